The van der Waals surface area contributed by atoms with Gasteiger partial charge in [-0.05, 0) is 35.4 Å². The topological polar surface area (TPSA) is 58.6 Å². The summed E-state index contributed by atoms with van der Waals surface area (Å²) in [7, 11) is 1.58. The van der Waals surface area contributed by atoms with Gasteiger partial charge in [0.2, 0.25) is 11.8 Å². The molecule has 3 aromatic carbocycles. The zero-order valence-corrected chi connectivity index (χ0v) is 16.6. The van der Waals surface area contributed by atoms with Crippen LogP contribution in [-0.2, 0) is 9.59 Å². The molecule has 1 fully saturated rings. The van der Waals surface area contributed by atoms with Gasteiger partial charge < -0.3 is 15.0 Å². The molecule has 0 unspecified atom stereocenters. The molecule has 0 aromatic heterocycles. The first kappa shape index (κ1) is 19.0. The van der Waals surface area contributed by atoms with E-state index in [1.165, 1.54) is 0 Å². The summed E-state index contributed by atoms with van der Waals surface area (Å²) in [5.74, 6) is 0.0829. The number of nitrogens with zero attached hydrogens (tertiary/aromatic N) is 1. The number of amides is 2. The van der Waals surface area contributed by atoms with E-state index < -0.39 is 0 Å². The van der Waals surface area contributed by atoms with Crippen molar-refractivity contribution in [2.45, 2.75) is 19.4 Å². The van der Waals surface area contributed by atoms with Crippen LogP contribution in [0.4, 0.5) is 5.69 Å². The van der Waals surface area contributed by atoms with Gasteiger partial charge in [0, 0.05) is 13.0 Å². The Hall–Kier alpha value is -3.34. The van der Waals surface area contributed by atoms with Crippen molar-refractivity contribution in [1.29, 1.82) is 0 Å². The number of para-hydroxylation sites is 2. The van der Waals surface area contributed by atoms with E-state index in [0.29, 0.717) is 18.0 Å². The SMILES string of the molecule is COc1ccccc1N1C[C@@H](C(=O)N[C@H](C)c2cccc3ccccc23)CC1=O. The fraction of sp³-hybridized carbons (Fsp3) is 0.250. The van der Waals surface area contributed by atoms with E-state index in [1.807, 2.05) is 55.5 Å². The summed E-state index contributed by atoms with van der Waals surface area (Å²) in [6.07, 6.45) is 0.201. The lowest BCUT2D eigenvalue weighted by atomic mass is 9.99. The predicted octanol–water partition coefficient (Wildman–Crippen LogP) is 4.08. The summed E-state index contributed by atoms with van der Waals surface area (Å²) in [5, 5.41) is 5.37. The van der Waals surface area contributed by atoms with Gasteiger partial charge in [0.15, 0.2) is 0 Å². The van der Waals surface area contributed by atoms with Gasteiger partial charge in [-0.2, -0.15) is 0 Å². The Labute approximate surface area is 170 Å². The zero-order valence-electron chi connectivity index (χ0n) is 16.6. The summed E-state index contributed by atoms with van der Waals surface area (Å²) in [6.45, 7) is 2.34. The van der Waals surface area contributed by atoms with Gasteiger partial charge in [-0.15, -0.1) is 0 Å². The monoisotopic (exact) mass is 388 g/mol. The third-order valence-corrected chi connectivity index (χ3v) is 5.52. The van der Waals surface area contributed by atoms with E-state index in [0.717, 1.165) is 16.3 Å². The summed E-state index contributed by atoms with van der Waals surface area (Å²) in [6, 6.07) is 21.5. The second-order valence-corrected chi connectivity index (χ2v) is 7.38. The van der Waals surface area contributed by atoms with Crippen LogP contribution in [0.2, 0.25) is 0 Å². The van der Waals surface area contributed by atoms with E-state index in [-0.39, 0.29) is 30.2 Å². The molecule has 0 saturated carbocycles. The molecule has 1 N–H and O–H groups in total. The van der Waals surface area contributed by atoms with E-state index in [2.05, 4.69) is 23.5 Å². The number of methoxy groups -OCH3 is 1. The number of fused-ring (bicyclic) bond motifs is 1. The molecule has 0 bridgehead atoms. The van der Waals surface area contributed by atoms with Crippen LogP contribution in [0.3, 0.4) is 0 Å². The molecule has 1 heterocycles. The van der Waals surface area contributed by atoms with E-state index in [1.54, 1.807) is 12.0 Å². The van der Waals surface area contributed by atoms with Crippen molar-refractivity contribution in [3.05, 3.63) is 72.3 Å². The molecule has 148 valence electrons. The quantitative estimate of drug-likeness (QED) is 0.717. The number of hydrogen-bond acceptors (Lipinski definition) is 3. The molecule has 1 aliphatic rings. The number of hydrogen-bond donors (Lipinski definition) is 1. The average Bonchev–Trinajstić information content (AvgIpc) is 3.14. The van der Waals surface area contributed by atoms with Crippen LogP contribution in [0.25, 0.3) is 10.8 Å². The normalized spacial score (nSPS) is 17.4. The summed E-state index contributed by atoms with van der Waals surface area (Å²) in [4.78, 5) is 27.1. The van der Waals surface area contributed by atoms with Crippen LogP contribution in [0, 0.1) is 5.92 Å². The van der Waals surface area contributed by atoms with Crippen LogP contribution in [0.5, 0.6) is 5.75 Å². The van der Waals surface area contributed by atoms with E-state index >= 15 is 0 Å². The highest BCUT2D eigenvalue weighted by Crippen LogP contribution is 2.33. The number of nitrogens with one attached hydrogen (secondary N) is 1. The Morgan fingerprint density at radius 1 is 1.07 bits per heavy atom. The highest BCUT2D eigenvalue weighted by atomic mass is 16.5. The highest BCUT2D eigenvalue weighted by Gasteiger charge is 2.36. The first-order valence-electron chi connectivity index (χ1n) is 9.80. The van der Waals surface area contributed by atoms with Gasteiger partial charge in [0.1, 0.15) is 5.75 Å². The fourth-order valence-electron chi connectivity index (χ4n) is 4.01. The molecule has 0 aliphatic carbocycles. The van der Waals surface area contributed by atoms with Crippen molar-refractivity contribution in [3.63, 3.8) is 0 Å². The molecule has 4 rings (SSSR count). The lowest BCUT2D eigenvalue weighted by molar-refractivity contribution is -0.126. The molecule has 3 aromatic rings. The van der Waals surface area contributed by atoms with Crippen LogP contribution >= 0.6 is 0 Å². The van der Waals surface area contributed by atoms with Crippen molar-refractivity contribution in [1.82, 2.24) is 5.32 Å². The fourth-order valence-corrected chi connectivity index (χ4v) is 4.01. The van der Waals surface area contributed by atoms with Crippen LogP contribution in [0.15, 0.2) is 66.7 Å². The second kappa shape index (κ2) is 7.95. The van der Waals surface area contributed by atoms with Gasteiger partial charge >= 0.3 is 0 Å². The van der Waals surface area contributed by atoms with E-state index in [4.69, 9.17) is 4.74 Å². The Morgan fingerprint density at radius 2 is 1.79 bits per heavy atom. The average molecular weight is 388 g/mol. The Bertz CT molecular complexity index is 1060. The Balaban J connectivity index is 1.50. The maximum atomic E-state index is 12.9. The number of anilines is 1. The largest absolute Gasteiger partial charge is 0.495 e. The maximum absolute atomic E-state index is 12.9. The zero-order chi connectivity index (χ0) is 20.4. The van der Waals surface area contributed by atoms with Crippen molar-refractivity contribution in [2.24, 2.45) is 5.92 Å². The third-order valence-electron chi connectivity index (χ3n) is 5.52. The molecule has 2 atom stereocenters. The standard InChI is InChI=1S/C24H24N2O3/c1-16(19-11-7-9-17-8-3-4-10-20(17)19)25-24(28)18-14-23(27)26(15-18)21-12-5-6-13-22(21)29-2/h3-13,16,18H,14-15H2,1-2H3,(H,25,28)/t16-,18+/m1/s1. The third kappa shape index (κ3) is 3.68. The number of rotatable bonds is 5. The van der Waals surface area contributed by atoms with Gasteiger partial charge in [0.25, 0.3) is 0 Å². The van der Waals surface area contributed by atoms with Crippen molar-refractivity contribution in [3.8, 4) is 5.75 Å². The molecule has 5 nitrogen and oxygen atoms in total. The lowest BCUT2D eigenvalue weighted by Gasteiger charge is -2.21. The van der Waals surface area contributed by atoms with Crippen molar-refractivity contribution in [2.75, 3.05) is 18.6 Å². The highest BCUT2D eigenvalue weighted by molar-refractivity contribution is 6.01. The summed E-state index contributed by atoms with van der Waals surface area (Å²) >= 11 is 0. The molecule has 29 heavy (non-hydrogen) atoms. The molecule has 2 amide bonds. The Kier molecular flexibility index (Phi) is 5.21. The molecule has 5 heteroatoms. The maximum Gasteiger partial charge on any atom is 0.227 e. The molecular weight excluding hydrogens is 364 g/mol. The molecule has 1 saturated heterocycles. The molecule has 1 aliphatic heterocycles. The molecular formula is C24H24N2O3. The minimum absolute atomic E-state index is 0.0625. The smallest absolute Gasteiger partial charge is 0.227 e. The van der Waals surface area contributed by atoms with Crippen molar-refractivity contribution >= 4 is 28.3 Å². The molecule has 0 spiro atoms. The number of benzene rings is 3. The number of carbonyl (C=O) groups excluding carboxylic acids is 2. The van der Waals surface area contributed by atoms with Gasteiger partial charge in [-0.3, -0.25) is 9.59 Å². The first-order valence-corrected chi connectivity index (χ1v) is 9.80. The predicted molar refractivity (Wildman–Crippen MR) is 114 cm³/mol. The summed E-state index contributed by atoms with van der Waals surface area (Å²) in [5.41, 5.74) is 1.78. The second-order valence-electron chi connectivity index (χ2n) is 7.38. The molecule has 0 radical (unpaired) electrons. The minimum Gasteiger partial charge on any atom is -0.495 e. The van der Waals surface area contributed by atoms with Crippen LogP contribution in [0.1, 0.15) is 24.9 Å². The van der Waals surface area contributed by atoms with Gasteiger partial charge in [-0.1, -0.05) is 54.6 Å². The van der Waals surface area contributed by atoms with Gasteiger partial charge in [0.05, 0.1) is 24.8 Å². The lowest BCUT2D eigenvalue weighted by Crippen LogP contribution is -2.34. The first-order chi connectivity index (χ1) is 14.1. The van der Waals surface area contributed by atoms with E-state index in [9.17, 15) is 9.59 Å². The van der Waals surface area contributed by atoms with Crippen LogP contribution < -0.4 is 15.0 Å². The summed E-state index contributed by atoms with van der Waals surface area (Å²) < 4.78 is 5.37. The minimum atomic E-state index is -0.384. The number of ether oxygens (including phenoxy) is 1. The van der Waals surface area contributed by atoms with Crippen molar-refractivity contribution < 1.29 is 14.3 Å². The number of carbonyl (C=O) groups is 2. The van der Waals surface area contributed by atoms with Gasteiger partial charge in [-0.25, -0.2) is 0 Å². The van der Waals surface area contributed by atoms with Crippen LogP contribution in [-0.4, -0.2) is 25.5 Å². The Morgan fingerprint density at radius 3 is 2.62 bits per heavy atom.